The summed E-state index contributed by atoms with van der Waals surface area (Å²) < 4.78 is 0. The Bertz CT molecular complexity index is 598. The van der Waals surface area contributed by atoms with Crippen LogP contribution in [-0.2, 0) is 16.2 Å². The second kappa shape index (κ2) is 9.17. The van der Waals surface area contributed by atoms with E-state index in [1.54, 1.807) is 0 Å². The quantitative estimate of drug-likeness (QED) is 0.631. The van der Waals surface area contributed by atoms with Crippen molar-refractivity contribution in [1.82, 2.24) is 9.80 Å². The van der Waals surface area contributed by atoms with Crippen LogP contribution >= 0.6 is 0 Å². The maximum Gasteiger partial charge on any atom is 0.123 e. The summed E-state index contributed by atoms with van der Waals surface area (Å²) in [5.74, 6) is 0.475. The molecule has 28 heavy (non-hydrogen) atoms. The fourth-order valence-corrected chi connectivity index (χ4v) is 3.59. The molecule has 1 aromatic carbocycles. The predicted octanol–water partition coefficient (Wildman–Crippen LogP) is 5.54. The lowest BCUT2D eigenvalue weighted by molar-refractivity contribution is 0.270. The zero-order valence-electron chi connectivity index (χ0n) is 20.5. The van der Waals surface area contributed by atoms with Crippen molar-refractivity contribution in [2.45, 2.75) is 84.5 Å². The number of phenols is 1. The second-order valence-electron chi connectivity index (χ2n) is 11.5. The molecule has 162 valence electrons. The van der Waals surface area contributed by atoms with Gasteiger partial charge in [-0.3, -0.25) is 0 Å². The fourth-order valence-electron chi connectivity index (χ4n) is 3.59. The minimum Gasteiger partial charge on any atom is -0.507 e. The first kappa shape index (κ1) is 25.0. The fraction of sp³-hybridized carbons (Fsp3) is 0.760. The van der Waals surface area contributed by atoms with Crippen LogP contribution in [0.4, 0.5) is 0 Å². The van der Waals surface area contributed by atoms with Gasteiger partial charge in [-0.1, -0.05) is 67.5 Å². The average Bonchev–Trinajstić information content (AvgIpc) is 2.50. The molecule has 0 heterocycles. The van der Waals surface area contributed by atoms with Crippen LogP contribution in [-0.4, -0.2) is 55.7 Å². The van der Waals surface area contributed by atoms with Crippen molar-refractivity contribution in [2.75, 3.05) is 40.8 Å². The van der Waals surface area contributed by atoms with E-state index in [4.69, 9.17) is 0 Å². The average molecular weight is 391 g/mol. The molecule has 3 nitrogen and oxygen atoms in total. The summed E-state index contributed by atoms with van der Waals surface area (Å²) in [4.78, 5) is 4.66. The van der Waals surface area contributed by atoms with E-state index in [1.165, 1.54) is 12.0 Å². The summed E-state index contributed by atoms with van der Waals surface area (Å²) in [6.07, 6.45) is 2.31. The molecule has 0 aliphatic rings. The molecule has 3 heteroatoms. The lowest BCUT2D eigenvalue weighted by atomic mass is 9.73. The Hall–Kier alpha value is -1.06. The molecule has 1 N–H and O–H groups in total. The Labute approximate surface area is 175 Å². The van der Waals surface area contributed by atoms with E-state index in [2.05, 4.69) is 98.5 Å². The van der Waals surface area contributed by atoms with E-state index in [1.807, 2.05) is 0 Å². The predicted molar refractivity (Wildman–Crippen MR) is 124 cm³/mol. The lowest BCUT2D eigenvalue weighted by Gasteiger charge is -2.33. The van der Waals surface area contributed by atoms with Crippen molar-refractivity contribution in [3.05, 3.63) is 28.8 Å². The van der Waals surface area contributed by atoms with Crippen LogP contribution in [0.2, 0.25) is 0 Å². The van der Waals surface area contributed by atoms with Crippen molar-refractivity contribution in [3.63, 3.8) is 0 Å². The van der Waals surface area contributed by atoms with Gasteiger partial charge in [-0.15, -0.1) is 0 Å². The molecular formula is C25H46N2O. The molecule has 0 saturated heterocycles. The molecule has 0 bridgehead atoms. The smallest absolute Gasteiger partial charge is 0.123 e. The second-order valence-corrected chi connectivity index (χ2v) is 11.5. The summed E-state index contributed by atoms with van der Waals surface area (Å²) in [6, 6.07) is 4.50. The SMILES string of the molecule is CN(C)CCN(C)CCCC(C)(C)c1cc(C(C)(C)C)c(O)c(C(C)(C)C)c1. The molecular weight excluding hydrogens is 344 g/mol. The zero-order valence-corrected chi connectivity index (χ0v) is 20.5. The number of hydrogen-bond acceptors (Lipinski definition) is 3. The molecule has 0 aliphatic carbocycles. The molecule has 0 spiro atoms. The van der Waals surface area contributed by atoms with E-state index in [0.717, 1.165) is 37.2 Å². The van der Waals surface area contributed by atoms with Crippen LogP contribution in [0.15, 0.2) is 12.1 Å². The number of benzene rings is 1. The number of phenolic OH excluding ortho intramolecular Hbond substituents is 1. The highest BCUT2D eigenvalue weighted by Gasteiger charge is 2.30. The Kier molecular flexibility index (Phi) is 8.18. The Morgan fingerprint density at radius 2 is 1.21 bits per heavy atom. The largest absolute Gasteiger partial charge is 0.507 e. The summed E-state index contributed by atoms with van der Waals surface area (Å²) in [5.41, 5.74) is 3.38. The third-order valence-corrected chi connectivity index (χ3v) is 5.78. The highest BCUT2D eigenvalue weighted by molar-refractivity contribution is 5.51. The topological polar surface area (TPSA) is 26.7 Å². The summed E-state index contributed by atoms with van der Waals surface area (Å²) in [6.45, 7) is 21.1. The maximum atomic E-state index is 11.0. The Morgan fingerprint density at radius 3 is 1.61 bits per heavy atom. The van der Waals surface area contributed by atoms with Gasteiger partial charge in [-0.25, -0.2) is 0 Å². The molecule has 0 amide bonds. The molecule has 1 rings (SSSR count). The standard InChI is InChI=1S/C25H46N2O/c1-23(2,3)20-17-19(18-21(22(20)28)24(4,5)6)25(7,8)13-12-14-27(11)16-15-26(9)10/h17-18,28H,12-16H2,1-11H3. The highest BCUT2D eigenvalue weighted by Crippen LogP contribution is 2.42. The monoisotopic (exact) mass is 390 g/mol. The van der Waals surface area contributed by atoms with Crippen LogP contribution in [0.25, 0.3) is 0 Å². The van der Waals surface area contributed by atoms with Crippen molar-refractivity contribution in [3.8, 4) is 5.75 Å². The van der Waals surface area contributed by atoms with Gasteiger partial charge in [0.25, 0.3) is 0 Å². The third kappa shape index (κ3) is 7.08. The van der Waals surface area contributed by atoms with Crippen molar-refractivity contribution in [2.24, 2.45) is 0 Å². The van der Waals surface area contributed by atoms with E-state index < -0.39 is 0 Å². The number of aromatic hydroxyl groups is 1. The van der Waals surface area contributed by atoms with E-state index >= 15 is 0 Å². The maximum absolute atomic E-state index is 11.0. The lowest BCUT2D eigenvalue weighted by Crippen LogP contribution is -2.30. The third-order valence-electron chi connectivity index (χ3n) is 5.78. The minimum atomic E-state index is -0.0808. The van der Waals surface area contributed by atoms with Crippen LogP contribution in [0.1, 0.15) is 84.9 Å². The van der Waals surface area contributed by atoms with Crippen LogP contribution in [0.5, 0.6) is 5.75 Å². The molecule has 0 atom stereocenters. The van der Waals surface area contributed by atoms with Gasteiger partial charge in [-0.05, 0) is 73.5 Å². The Morgan fingerprint density at radius 1 is 0.750 bits per heavy atom. The van der Waals surface area contributed by atoms with Gasteiger partial charge in [0.2, 0.25) is 0 Å². The molecule has 0 aliphatic heterocycles. The molecule has 0 saturated carbocycles. The molecule has 0 fully saturated rings. The number of nitrogens with zero attached hydrogens (tertiary/aromatic N) is 2. The summed E-state index contributed by atoms with van der Waals surface area (Å²) in [5, 5.41) is 11.0. The van der Waals surface area contributed by atoms with Gasteiger partial charge in [0.1, 0.15) is 5.75 Å². The van der Waals surface area contributed by atoms with E-state index in [-0.39, 0.29) is 16.2 Å². The first-order chi connectivity index (χ1) is 12.6. The van der Waals surface area contributed by atoms with Gasteiger partial charge in [0.15, 0.2) is 0 Å². The molecule has 1 aromatic rings. The van der Waals surface area contributed by atoms with Crippen LogP contribution in [0.3, 0.4) is 0 Å². The Balaban J connectivity index is 3.06. The number of rotatable bonds is 8. The van der Waals surface area contributed by atoms with Gasteiger partial charge < -0.3 is 14.9 Å². The van der Waals surface area contributed by atoms with E-state index in [9.17, 15) is 5.11 Å². The van der Waals surface area contributed by atoms with E-state index in [0.29, 0.717) is 5.75 Å². The van der Waals surface area contributed by atoms with Crippen molar-refractivity contribution >= 4 is 0 Å². The summed E-state index contributed by atoms with van der Waals surface area (Å²) in [7, 11) is 6.47. The number of likely N-dealkylation sites (N-methyl/N-ethyl adjacent to an activating group) is 2. The van der Waals surface area contributed by atoms with Crippen LogP contribution in [0, 0.1) is 0 Å². The zero-order chi connectivity index (χ0) is 21.9. The van der Waals surface area contributed by atoms with Gasteiger partial charge in [0.05, 0.1) is 0 Å². The van der Waals surface area contributed by atoms with Crippen molar-refractivity contribution < 1.29 is 5.11 Å². The molecule has 0 radical (unpaired) electrons. The molecule has 0 unspecified atom stereocenters. The van der Waals surface area contributed by atoms with Gasteiger partial charge >= 0.3 is 0 Å². The van der Waals surface area contributed by atoms with Gasteiger partial charge in [0, 0.05) is 13.1 Å². The van der Waals surface area contributed by atoms with Crippen molar-refractivity contribution in [1.29, 1.82) is 0 Å². The molecule has 0 aromatic heterocycles. The normalized spacial score (nSPS) is 13.6. The minimum absolute atomic E-state index is 0.0795. The summed E-state index contributed by atoms with van der Waals surface area (Å²) >= 11 is 0. The highest BCUT2D eigenvalue weighted by atomic mass is 16.3. The number of hydrogen-bond donors (Lipinski definition) is 1. The first-order valence-corrected chi connectivity index (χ1v) is 10.8. The van der Waals surface area contributed by atoms with Gasteiger partial charge in [-0.2, -0.15) is 0 Å². The van der Waals surface area contributed by atoms with Crippen LogP contribution < -0.4 is 0 Å². The first-order valence-electron chi connectivity index (χ1n) is 10.8.